The fourth-order valence-electron chi connectivity index (χ4n) is 3.42. The van der Waals surface area contributed by atoms with Crippen molar-refractivity contribution in [3.05, 3.63) is 58.8 Å². The van der Waals surface area contributed by atoms with Gasteiger partial charge in [-0.15, -0.1) is 0 Å². The molecule has 1 amide bonds. The van der Waals surface area contributed by atoms with Crippen LogP contribution < -0.4 is 5.69 Å². The number of amides is 1. The number of rotatable bonds is 5. The number of phenolic OH excluding ortho intramolecular Hbond substituents is 1. The predicted molar refractivity (Wildman–Crippen MR) is 94.3 cm³/mol. The van der Waals surface area contributed by atoms with Gasteiger partial charge in [-0.1, -0.05) is 12.1 Å². The molecule has 1 N–H and O–H groups in total. The van der Waals surface area contributed by atoms with Crippen LogP contribution >= 0.6 is 0 Å². The minimum atomic E-state index is -0.399. The maximum absolute atomic E-state index is 12.7. The van der Waals surface area contributed by atoms with Gasteiger partial charge in [0.15, 0.2) is 0 Å². The summed E-state index contributed by atoms with van der Waals surface area (Å²) in [6, 6.07) is 9.09. The molecule has 1 fully saturated rings. The smallest absolute Gasteiger partial charge is 0.347 e. The molecule has 3 rings (SSSR count). The lowest BCUT2D eigenvalue weighted by atomic mass is 9.95. The molecule has 1 aliphatic rings. The summed E-state index contributed by atoms with van der Waals surface area (Å²) in [5.74, 6) is 0.237. The van der Waals surface area contributed by atoms with E-state index in [0.717, 1.165) is 44.2 Å². The van der Waals surface area contributed by atoms with E-state index in [1.54, 1.807) is 24.4 Å². The number of hydrogen-bond acceptors (Lipinski definition) is 4. The number of carbonyl (C=O) groups is 1. The Kier molecular flexibility index (Phi) is 5.48. The average Bonchev–Trinajstić information content (AvgIpc) is 2.62. The fourth-order valence-corrected chi connectivity index (χ4v) is 3.42. The standard InChI is InChI=1S/C19H23N3O3/c23-17-7-3-5-15(13-17)8-9-16-6-1-2-12-22(16)18(24)14-21-11-4-10-20-19(21)25/h3-5,7,10-11,13,16,23H,1-2,6,8-9,12,14H2. The van der Waals surface area contributed by atoms with Gasteiger partial charge in [-0.05, 0) is 55.9 Å². The second-order valence-electron chi connectivity index (χ2n) is 6.48. The highest BCUT2D eigenvalue weighted by Crippen LogP contribution is 2.22. The summed E-state index contributed by atoms with van der Waals surface area (Å²) in [5.41, 5.74) is 0.672. The number of nitrogens with zero attached hydrogens (tertiary/aromatic N) is 3. The van der Waals surface area contributed by atoms with Crippen LogP contribution in [0.4, 0.5) is 0 Å². The lowest BCUT2D eigenvalue weighted by Crippen LogP contribution is -2.46. The summed E-state index contributed by atoms with van der Waals surface area (Å²) in [6.07, 6.45) is 7.79. The molecule has 1 saturated heterocycles. The molecule has 6 heteroatoms. The number of benzene rings is 1. The number of aromatic hydroxyl groups is 1. The van der Waals surface area contributed by atoms with Gasteiger partial charge in [-0.2, -0.15) is 0 Å². The Hall–Kier alpha value is -2.63. The molecule has 0 radical (unpaired) electrons. The van der Waals surface area contributed by atoms with Gasteiger partial charge >= 0.3 is 5.69 Å². The van der Waals surface area contributed by atoms with Crippen LogP contribution in [-0.2, 0) is 17.8 Å². The molecule has 1 unspecified atom stereocenters. The van der Waals surface area contributed by atoms with Crippen molar-refractivity contribution in [2.45, 2.75) is 44.7 Å². The Morgan fingerprint density at radius 2 is 2.16 bits per heavy atom. The first-order chi connectivity index (χ1) is 12.1. The first kappa shape index (κ1) is 17.2. The van der Waals surface area contributed by atoms with E-state index in [2.05, 4.69) is 4.98 Å². The van der Waals surface area contributed by atoms with E-state index in [1.165, 1.54) is 10.8 Å². The highest BCUT2D eigenvalue weighted by atomic mass is 16.3. The molecule has 0 aliphatic carbocycles. The molecule has 0 bridgehead atoms. The quantitative estimate of drug-likeness (QED) is 0.902. The average molecular weight is 341 g/mol. The second kappa shape index (κ2) is 7.96. The molecule has 132 valence electrons. The Labute approximate surface area is 146 Å². The van der Waals surface area contributed by atoms with Gasteiger partial charge in [0, 0.05) is 25.0 Å². The van der Waals surface area contributed by atoms with Crippen LogP contribution in [0.15, 0.2) is 47.5 Å². The summed E-state index contributed by atoms with van der Waals surface area (Å²) in [4.78, 5) is 30.0. The third-order valence-corrected chi connectivity index (χ3v) is 4.71. The summed E-state index contributed by atoms with van der Waals surface area (Å²) in [7, 11) is 0. The lowest BCUT2D eigenvalue weighted by molar-refractivity contribution is -0.135. The molecule has 0 spiro atoms. The van der Waals surface area contributed by atoms with Crippen molar-refractivity contribution in [1.82, 2.24) is 14.5 Å². The first-order valence-electron chi connectivity index (χ1n) is 8.72. The van der Waals surface area contributed by atoms with Crippen LogP contribution in [0.25, 0.3) is 0 Å². The van der Waals surface area contributed by atoms with Crippen molar-refractivity contribution >= 4 is 5.91 Å². The molecule has 0 saturated carbocycles. The van der Waals surface area contributed by atoms with Crippen molar-refractivity contribution in [3.63, 3.8) is 0 Å². The molecule has 1 aliphatic heterocycles. The Morgan fingerprint density at radius 3 is 2.96 bits per heavy atom. The van der Waals surface area contributed by atoms with Crippen LogP contribution in [0.2, 0.25) is 0 Å². The van der Waals surface area contributed by atoms with Gasteiger partial charge < -0.3 is 10.0 Å². The van der Waals surface area contributed by atoms with Crippen LogP contribution in [0.3, 0.4) is 0 Å². The summed E-state index contributed by atoms with van der Waals surface area (Å²) in [6.45, 7) is 0.772. The van der Waals surface area contributed by atoms with E-state index >= 15 is 0 Å². The zero-order valence-electron chi connectivity index (χ0n) is 14.2. The topological polar surface area (TPSA) is 75.4 Å². The minimum absolute atomic E-state index is 0.0318. The zero-order valence-corrected chi connectivity index (χ0v) is 14.2. The predicted octanol–water partition coefficient (Wildman–Crippen LogP) is 1.96. The number of phenols is 1. The van der Waals surface area contributed by atoms with Crippen molar-refractivity contribution in [2.75, 3.05) is 6.54 Å². The number of likely N-dealkylation sites (tertiary alicyclic amines) is 1. The molecule has 6 nitrogen and oxygen atoms in total. The van der Waals surface area contributed by atoms with Gasteiger partial charge in [-0.3, -0.25) is 9.36 Å². The van der Waals surface area contributed by atoms with Crippen LogP contribution in [0, 0.1) is 0 Å². The maximum atomic E-state index is 12.7. The molecule has 2 aromatic rings. The Balaban J connectivity index is 1.65. The van der Waals surface area contributed by atoms with E-state index in [-0.39, 0.29) is 24.2 Å². The van der Waals surface area contributed by atoms with E-state index in [1.807, 2.05) is 17.0 Å². The fraction of sp³-hybridized carbons (Fsp3) is 0.421. The van der Waals surface area contributed by atoms with Gasteiger partial charge in [0.1, 0.15) is 12.3 Å². The Morgan fingerprint density at radius 1 is 1.28 bits per heavy atom. The molecule has 25 heavy (non-hydrogen) atoms. The largest absolute Gasteiger partial charge is 0.508 e. The lowest BCUT2D eigenvalue weighted by Gasteiger charge is -2.36. The zero-order chi connectivity index (χ0) is 17.6. The summed E-state index contributed by atoms with van der Waals surface area (Å²) in [5, 5.41) is 9.58. The van der Waals surface area contributed by atoms with Crippen LogP contribution in [0.1, 0.15) is 31.2 Å². The van der Waals surface area contributed by atoms with Crippen LogP contribution in [-0.4, -0.2) is 38.1 Å². The van der Waals surface area contributed by atoms with Crippen molar-refractivity contribution in [3.8, 4) is 5.75 Å². The number of aromatic nitrogens is 2. The number of piperidine rings is 1. The molecule has 1 atom stereocenters. The highest BCUT2D eigenvalue weighted by Gasteiger charge is 2.26. The van der Waals surface area contributed by atoms with Gasteiger partial charge in [0.05, 0.1) is 0 Å². The molecular weight excluding hydrogens is 318 g/mol. The number of hydrogen-bond donors (Lipinski definition) is 1. The van der Waals surface area contributed by atoms with Gasteiger partial charge in [0.25, 0.3) is 0 Å². The van der Waals surface area contributed by atoms with Gasteiger partial charge in [0.2, 0.25) is 5.91 Å². The first-order valence-corrected chi connectivity index (χ1v) is 8.72. The highest BCUT2D eigenvalue weighted by molar-refractivity contribution is 5.76. The van der Waals surface area contributed by atoms with E-state index in [0.29, 0.717) is 0 Å². The van der Waals surface area contributed by atoms with Crippen LogP contribution in [0.5, 0.6) is 5.75 Å². The normalized spacial score (nSPS) is 17.4. The number of aryl methyl sites for hydroxylation is 1. The summed E-state index contributed by atoms with van der Waals surface area (Å²) < 4.78 is 1.35. The second-order valence-corrected chi connectivity index (χ2v) is 6.48. The minimum Gasteiger partial charge on any atom is -0.508 e. The SMILES string of the molecule is O=C(Cn1cccnc1=O)N1CCCCC1CCc1cccc(O)c1. The van der Waals surface area contributed by atoms with Crippen molar-refractivity contribution in [2.24, 2.45) is 0 Å². The molecule has 1 aromatic heterocycles. The van der Waals surface area contributed by atoms with E-state index in [4.69, 9.17) is 0 Å². The maximum Gasteiger partial charge on any atom is 0.347 e. The van der Waals surface area contributed by atoms with Crippen molar-refractivity contribution in [1.29, 1.82) is 0 Å². The molecule has 1 aromatic carbocycles. The van der Waals surface area contributed by atoms with E-state index in [9.17, 15) is 14.7 Å². The molecule has 2 heterocycles. The summed E-state index contributed by atoms with van der Waals surface area (Å²) >= 11 is 0. The molecular formula is C19H23N3O3. The number of carbonyl (C=O) groups excluding carboxylic acids is 1. The van der Waals surface area contributed by atoms with Gasteiger partial charge in [-0.25, -0.2) is 9.78 Å². The Bertz CT molecular complexity index is 787. The monoisotopic (exact) mass is 341 g/mol. The third-order valence-electron chi connectivity index (χ3n) is 4.71. The van der Waals surface area contributed by atoms with Crippen molar-refractivity contribution < 1.29 is 9.90 Å². The third kappa shape index (κ3) is 4.47. The van der Waals surface area contributed by atoms with E-state index < -0.39 is 5.69 Å².